The Hall–Kier alpha value is -3.42. The molecule has 0 aliphatic heterocycles. The Morgan fingerprint density at radius 3 is 2.56 bits per heavy atom. The number of nitrogens with one attached hydrogen (secondary N) is 3. The molecule has 3 amide bonds. The lowest BCUT2D eigenvalue weighted by Crippen LogP contribution is -2.24. The van der Waals surface area contributed by atoms with E-state index in [1.165, 1.54) is 7.05 Å². The summed E-state index contributed by atoms with van der Waals surface area (Å²) in [5, 5.41) is 16.0. The van der Waals surface area contributed by atoms with Crippen molar-refractivity contribution in [3.05, 3.63) is 48.0 Å². The monoisotopic (exact) mass is 338 g/mol. The van der Waals surface area contributed by atoms with Crippen LogP contribution in [0.2, 0.25) is 0 Å². The highest BCUT2D eigenvalue weighted by Crippen LogP contribution is 2.18. The van der Waals surface area contributed by atoms with E-state index in [9.17, 15) is 9.59 Å². The van der Waals surface area contributed by atoms with Crippen molar-refractivity contribution in [2.24, 2.45) is 0 Å². The molecule has 0 fully saturated rings. The third-order valence-corrected chi connectivity index (χ3v) is 3.68. The number of aryl methyl sites for hydroxylation is 1. The summed E-state index contributed by atoms with van der Waals surface area (Å²) in [6.07, 6.45) is 0. The Morgan fingerprint density at radius 1 is 1.08 bits per heavy atom. The van der Waals surface area contributed by atoms with E-state index in [1.807, 2.05) is 13.0 Å². The summed E-state index contributed by atoms with van der Waals surface area (Å²) < 4.78 is 1.77. The Bertz CT molecular complexity index is 934. The number of aromatic nitrogens is 3. The number of benzene rings is 2. The number of carbonyl (C=O) groups excluding carboxylic acids is 2. The predicted octanol–water partition coefficient (Wildman–Crippen LogP) is 2.45. The summed E-state index contributed by atoms with van der Waals surface area (Å²) in [6.45, 7) is 2.70. The normalized spacial score (nSPS) is 10.5. The molecule has 3 aromatic rings. The van der Waals surface area contributed by atoms with Gasteiger partial charge in [0, 0.05) is 30.5 Å². The van der Waals surface area contributed by atoms with Gasteiger partial charge < -0.3 is 16.0 Å². The van der Waals surface area contributed by atoms with Gasteiger partial charge in [0.05, 0.1) is 5.52 Å². The van der Waals surface area contributed by atoms with E-state index in [4.69, 9.17) is 0 Å². The maximum atomic E-state index is 12.5. The van der Waals surface area contributed by atoms with E-state index in [0.29, 0.717) is 29.0 Å². The molecule has 128 valence electrons. The lowest BCUT2D eigenvalue weighted by atomic mass is 10.1. The zero-order valence-electron chi connectivity index (χ0n) is 13.9. The largest absolute Gasteiger partial charge is 0.341 e. The van der Waals surface area contributed by atoms with Crippen LogP contribution in [0.1, 0.15) is 17.3 Å². The molecule has 1 aromatic heterocycles. The highest BCUT2D eigenvalue weighted by molar-refractivity contribution is 6.06. The molecule has 0 unspecified atom stereocenters. The average molecular weight is 338 g/mol. The fourth-order valence-corrected chi connectivity index (χ4v) is 2.42. The van der Waals surface area contributed by atoms with Crippen LogP contribution in [0.25, 0.3) is 11.0 Å². The van der Waals surface area contributed by atoms with Gasteiger partial charge in [-0.3, -0.25) is 4.79 Å². The third kappa shape index (κ3) is 3.57. The van der Waals surface area contributed by atoms with Crippen LogP contribution in [0.5, 0.6) is 0 Å². The second-order valence-corrected chi connectivity index (χ2v) is 5.35. The first kappa shape index (κ1) is 16.4. The maximum absolute atomic E-state index is 12.5. The standard InChI is InChI=1S/C17H18N6O2/c1-3-23-15-8-7-11(9-14(15)21-22-23)16(24)19-12-5-4-6-13(10-12)20-17(25)18-2/h4-10H,3H2,1-2H3,(H,19,24)(H2,18,20,25). The maximum Gasteiger partial charge on any atom is 0.318 e. The summed E-state index contributed by atoms with van der Waals surface area (Å²) in [4.78, 5) is 23.8. The Morgan fingerprint density at radius 2 is 1.84 bits per heavy atom. The molecule has 0 radical (unpaired) electrons. The van der Waals surface area contributed by atoms with E-state index in [-0.39, 0.29) is 11.9 Å². The van der Waals surface area contributed by atoms with Crippen LogP contribution >= 0.6 is 0 Å². The number of urea groups is 1. The zero-order chi connectivity index (χ0) is 17.8. The summed E-state index contributed by atoms with van der Waals surface area (Å²) in [7, 11) is 1.53. The van der Waals surface area contributed by atoms with Gasteiger partial charge >= 0.3 is 6.03 Å². The molecule has 2 aromatic carbocycles. The van der Waals surface area contributed by atoms with E-state index in [2.05, 4.69) is 26.3 Å². The zero-order valence-corrected chi connectivity index (χ0v) is 13.9. The third-order valence-electron chi connectivity index (χ3n) is 3.68. The summed E-state index contributed by atoms with van der Waals surface area (Å²) >= 11 is 0. The van der Waals surface area contributed by atoms with Crippen molar-refractivity contribution in [1.29, 1.82) is 0 Å². The van der Waals surface area contributed by atoms with Crippen LogP contribution < -0.4 is 16.0 Å². The van der Waals surface area contributed by atoms with Gasteiger partial charge in [-0.05, 0) is 43.3 Å². The fourth-order valence-electron chi connectivity index (χ4n) is 2.42. The molecule has 0 atom stereocenters. The van der Waals surface area contributed by atoms with E-state index in [1.54, 1.807) is 41.1 Å². The van der Waals surface area contributed by atoms with Crippen molar-refractivity contribution < 1.29 is 9.59 Å². The molecule has 0 bridgehead atoms. The number of carbonyl (C=O) groups is 2. The quantitative estimate of drug-likeness (QED) is 0.680. The molecular formula is C17H18N6O2. The van der Waals surface area contributed by atoms with Gasteiger partial charge in [-0.15, -0.1) is 5.10 Å². The minimum Gasteiger partial charge on any atom is -0.341 e. The fraction of sp³-hybridized carbons (Fsp3) is 0.176. The number of hydrogen-bond acceptors (Lipinski definition) is 4. The molecule has 1 heterocycles. The molecule has 3 N–H and O–H groups in total. The van der Waals surface area contributed by atoms with Gasteiger partial charge in [0.25, 0.3) is 5.91 Å². The molecule has 8 heteroatoms. The van der Waals surface area contributed by atoms with Crippen molar-refractivity contribution in [2.75, 3.05) is 17.7 Å². The van der Waals surface area contributed by atoms with Gasteiger partial charge in [-0.25, -0.2) is 9.48 Å². The van der Waals surface area contributed by atoms with E-state index in [0.717, 1.165) is 5.52 Å². The van der Waals surface area contributed by atoms with Gasteiger partial charge in [0.1, 0.15) is 5.52 Å². The van der Waals surface area contributed by atoms with Crippen LogP contribution in [0.4, 0.5) is 16.2 Å². The van der Waals surface area contributed by atoms with Gasteiger partial charge in [-0.2, -0.15) is 0 Å². The van der Waals surface area contributed by atoms with Crippen molar-refractivity contribution in [3.63, 3.8) is 0 Å². The molecule has 0 aliphatic rings. The van der Waals surface area contributed by atoms with Crippen LogP contribution in [0.15, 0.2) is 42.5 Å². The van der Waals surface area contributed by atoms with Gasteiger partial charge in [0.2, 0.25) is 0 Å². The number of fused-ring (bicyclic) bond motifs is 1. The lowest BCUT2D eigenvalue weighted by Gasteiger charge is -2.08. The molecule has 0 saturated carbocycles. The molecule has 8 nitrogen and oxygen atoms in total. The Kier molecular flexibility index (Phi) is 4.60. The topological polar surface area (TPSA) is 101 Å². The van der Waals surface area contributed by atoms with Gasteiger partial charge in [-0.1, -0.05) is 11.3 Å². The SMILES string of the molecule is CCn1nnc2cc(C(=O)Nc3cccc(NC(=O)NC)c3)ccc21. The average Bonchev–Trinajstić information content (AvgIpc) is 3.04. The first-order valence-electron chi connectivity index (χ1n) is 7.84. The van der Waals surface area contributed by atoms with Gasteiger partial charge in [0.15, 0.2) is 0 Å². The highest BCUT2D eigenvalue weighted by atomic mass is 16.2. The number of anilines is 2. The second kappa shape index (κ2) is 7.00. The Labute approximate surface area is 144 Å². The number of nitrogens with zero attached hydrogens (tertiary/aromatic N) is 3. The molecule has 25 heavy (non-hydrogen) atoms. The summed E-state index contributed by atoms with van der Waals surface area (Å²) in [5.74, 6) is -0.259. The minimum absolute atomic E-state index is 0.259. The summed E-state index contributed by atoms with van der Waals surface area (Å²) in [5.41, 5.74) is 3.20. The Balaban J connectivity index is 1.78. The van der Waals surface area contributed by atoms with Crippen LogP contribution in [-0.2, 0) is 6.54 Å². The number of rotatable bonds is 4. The number of hydrogen-bond donors (Lipinski definition) is 3. The smallest absolute Gasteiger partial charge is 0.318 e. The molecule has 3 rings (SSSR count). The predicted molar refractivity (Wildman–Crippen MR) is 95.7 cm³/mol. The van der Waals surface area contributed by atoms with E-state index < -0.39 is 0 Å². The highest BCUT2D eigenvalue weighted by Gasteiger charge is 2.10. The van der Waals surface area contributed by atoms with Crippen molar-refractivity contribution in [3.8, 4) is 0 Å². The van der Waals surface area contributed by atoms with Crippen LogP contribution in [0.3, 0.4) is 0 Å². The molecular weight excluding hydrogens is 320 g/mol. The van der Waals surface area contributed by atoms with Crippen molar-refractivity contribution >= 4 is 34.3 Å². The minimum atomic E-state index is -0.326. The van der Waals surface area contributed by atoms with Crippen molar-refractivity contribution in [2.45, 2.75) is 13.5 Å². The van der Waals surface area contributed by atoms with Crippen LogP contribution in [0, 0.1) is 0 Å². The van der Waals surface area contributed by atoms with Crippen molar-refractivity contribution in [1.82, 2.24) is 20.3 Å². The summed E-state index contributed by atoms with van der Waals surface area (Å²) in [6, 6.07) is 11.9. The first-order valence-corrected chi connectivity index (χ1v) is 7.84. The molecule has 0 aliphatic carbocycles. The second-order valence-electron chi connectivity index (χ2n) is 5.35. The van der Waals surface area contributed by atoms with Crippen LogP contribution in [-0.4, -0.2) is 34.0 Å². The lowest BCUT2D eigenvalue weighted by molar-refractivity contribution is 0.102. The molecule has 0 spiro atoms. The molecule has 0 saturated heterocycles. The van der Waals surface area contributed by atoms with E-state index >= 15 is 0 Å². The first-order chi connectivity index (χ1) is 12.1. The number of amides is 3.